The molecule has 0 amide bonds. The summed E-state index contributed by atoms with van der Waals surface area (Å²) < 4.78 is 5.26. The first kappa shape index (κ1) is 15.0. The molecule has 0 radical (unpaired) electrons. The van der Waals surface area contributed by atoms with Gasteiger partial charge in [-0.2, -0.15) is 0 Å². The molecule has 4 rings (SSSR count). The van der Waals surface area contributed by atoms with Gasteiger partial charge in [0.1, 0.15) is 5.75 Å². The van der Waals surface area contributed by atoms with Crippen LogP contribution in [0.3, 0.4) is 0 Å². The van der Waals surface area contributed by atoms with Crippen molar-refractivity contribution in [3.63, 3.8) is 0 Å². The molecule has 1 aliphatic heterocycles. The van der Waals surface area contributed by atoms with Gasteiger partial charge in [-0.15, -0.1) is 0 Å². The molecular weight excluding hydrogens is 300 g/mol. The summed E-state index contributed by atoms with van der Waals surface area (Å²) >= 11 is 0. The van der Waals surface area contributed by atoms with Crippen LogP contribution < -0.4 is 10.2 Å². The fourth-order valence-electron chi connectivity index (χ4n) is 3.42. The minimum Gasteiger partial charge on any atom is -0.497 e. The molecule has 0 aliphatic carbocycles. The van der Waals surface area contributed by atoms with Crippen LogP contribution in [0, 0.1) is 0 Å². The summed E-state index contributed by atoms with van der Waals surface area (Å²) in [5.74, 6) is 0.764. The zero-order chi connectivity index (χ0) is 16.5. The molecule has 4 heteroatoms. The van der Waals surface area contributed by atoms with Gasteiger partial charge in [0, 0.05) is 48.8 Å². The number of hydrogen-bond acceptors (Lipinski definition) is 3. The zero-order valence-corrected chi connectivity index (χ0v) is 13.7. The molecule has 1 aliphatic rings. The number of nitrogens with zero attached hydrogens (tertiary/aromatic N) is 1. The number of H-pyrrole nitrogens is 1. The van der Waals surface area contributed by atoms with Crippen molar-refractivity contribution < 1.29 is 4.74 Å². The normalized spacial score (nSPS) is 14.5. The van der Waals surface area contributed by atoms with Crippen LogP contribution in [0.1, 0.15) is 16.8 Å². The number of aromatic amines is 1. The van der Waals surface area contributed by atoms with E-state index in [-0.39, 0.29) is 5.43 Å². The Balaban J connectivity index is 1.68. The van der Waals surface area contributed by atoms with Crippen molar-refractivity contribution in [2.24, 2.45) is 0 Å². The lowest BCUT2D eigenvalue weighted by Crippen LogP contribution is -2.34. The lowest BCUT2D eigenvalue weighted by atomic mass is 10.0. The van der Waals surface area contributed by atoms with Gasteiger partial charge in [0.25, 0.3) is 0 Å². The smallest absolute Gasteiger partial charge is 0.194 e. The predicted octanol–water partition coefficient (Wildman–Crippen LogP) is 3.10. The number of benzene rings is 2. The maximum absolute atomic E-state index is 12.9. The lowest BCUT2D eigenvalue weighted by molar-refractivity contribution is 0.243. The minimum absolute atomic E-state index is 0.138. The van der Waals surface area contributed by atoms with E-state index in [1.165, 1.54) is 5.56 Å². The molecule has 0 saturated heterocycles. The first-order chi connectivity index (χ1) is 11.7. The molecule has 2 aromatic carbocycles. The number of aromatic nitrogens is 1. The minimum atomic E-state index is 0.138. The molecule has 122 valence electrons. The van der Waals surface area contributed by atoms with Crippen LogP contribution >= 0.6 is 0 Å². The standard InChI is InChI=1S/C20H20N2O2/c1-24-15-7-8-16-19(11-15)21-18-9-10-22(13-17(18)20(16)23)12-14-5-3-2-4-6-14/h2-8,11H,9-10,12-13H2,1H3,(H,21,23). The summed E-state index contributed by atoms with van der Waals surface area (Å²) in [7, 11) is 1.64. The van der Waals surface area contributed by atoms with E-state index in [1.54, 1.807) is 7.11 Å². The van der Waals surface area contributed by atoms with Gasteiger partial charge < -0.3 is 9.72 Å². The SMILES string of the molecule is COc1ccc2c(=O)c3c([nH]c2c1)CCN(Cc1ccccc1)C3. The average Bonchev–Trinajstić information content (AvgIpc) is 2.63. The van der Waals surface area contributed by atoms with Crippen LogP contribution in [0.15, 0.2) is 53.3 Å². The second kappa shape index (κ2) is 6.13. The molecule has 0 spiro atoms. The Morgan fingerprint density at radius 2 is 2.00 bits per heavy atom. The number of fused-ring (bicyclic) bond motifs is 2. The van der Waals surface area contributed by atoms with E-state index < -0.39 is 0 Å². The van der Waals surface area contributed by atoms with Gasteiger partial charge in [0.15, 0.2) is 5.43 Å². The van der Waals surface area contributed by atoms with Crippen molar-refractivity contribution in [3.8, 4) is 5.75 Å². The molecule has 0 atom stereocenters. The quantitative estimate of drug-likeness (QED) is 0.806. The molecule has 2 heterocycles. The lowest BCUT2D eigenvalue weighted by Gasteiger charge is -2.28. The highest BCUT2D eigenvalue weighted by Gasteiger charge is 2.21. The highest BCUT2D eigenvalue weighted by atomic mass is 16.5. The van der Waals surface area contributed by atoms with E-state index >= 15 is 0 Å². The third-order valence-electron chi connectivity index (χ3n) is 4.70. The van der Waals surface area contributed by atoms with Crippen molar-refractivity contribution in [1.82, 2.24) is 9.88 Å². The summed E-state index contributed by atoms with van der Waals surface area (Å²) in [6.07, 6.45) is 0.866. The maximum Gasteiger partial charge on any atom is 0.194 e. The highest BCUT2D eigenvalue weighted by molar-refractivity contribution is 5.81. The number of methoxy groups -OCH3 is 1. The van der Waals surface area contributed by atoms with Gasteiger partial charge in [-0.25, -0.2) is 0 Å². The van der Waals surface area contributed by atoms with Gasteiger partial charge in [-0.1, -0.05) is 30.3 Å². The first-order valence-corrected chi connectivity index (χ1v) is 8.22. The second-order valence-corrected chi connectivity index (χ2v) is 6.27. The molecule has 3 aromatic rings. The summed E-state index contributed by atoms with van der Waals surface area (Å²) in [5, 5.41) is 0.733. The van der Waals surface area contributed by atoms with E-state index in [0.717, 1.165) is 47.4 Å². The van der Waals surface area contributed by atoms with Crippen LogP contribution in [0.4, 0.5) is 0 Å². The molecule has 4 nitrogen and oxygen atoms in total. The zero-order valence-electron chi connectivity index (χ0n) is 13.7. The number of nitrogens with one attached hydrogen (secondary N) is 1. The Hall–Kier alpha value is -2.59. The van der Waals surface area contributed by atoms with Crippen LogP contribution in [0.5, 0.6) is 5.75 Å². The van der Waals surface area contributed by atoms with Crippen LogP contribution in [0.25, 0.3) is 10.9 Å². The Labute approximate surface area is 140 Å². The molecule has 24 heavy (non-hydrogen) atoms. The molecular formula is C20H20N2O2. The van der Waals surface area contributed by atoms with Crippen molar-refractivity contribution in [3.05, 3.63) is 75.6 Å². The summed E-state index contributed by atoms with van der Waals surface area (Å²) in [6, 6.07) is 16.0. The van der Waals surface area contributed by atoms with E-state index in [9.17, 15) is 4.79 Å². The monoisotopic (exact) mass is 320 g/mol. The number of ether oxygens (including phenoxy) is 1. The Morgan fingerprint density at radius 3 is 2.79 bits per heavy atom. The summed E-state index contributed by atoms with van der Waals surface area (Å²) in [5.41, 5.74) is 4.23. The maximum atomic E-state index is 12.9. The second-order valence-electron chi connectivity index (χ2n) is 6.27. The molecule has 0 bridgehead atoms. The van der Waals surface area contributed by atoms with Crippen LogP contribution in [-0.2, 0) is 19.5 Å². The summed E-state index contributed by atoms with van der Waals surface area (Å²) in [6.45, 7) is 2.52. The van der Waals surface area contributed by atoms with Crippen LogP contribution in [0.2, 0.25) is 0 Å². The topological polar surface area (TPSA) is 45.3 Å². The predicted molar refractivity (Wildman–Crippen MR) is 95.4 cm³/mol. The Kier molecular flexibility index (Phi) is 3.82. The average molecular weight is 320 g/mol. The van der Waals surface area contributed by atoms with Gasteiger partial charge in [0.2, 0.25) is 0 Å². The Bertz CT molecular complexity index is 932. The Morgan fingerprint density at radius 1 is 1.17 bits per heavy atom. The third kappa shape index (κ3) is 2.69. The van der Waals surface area contributed by atoms with Crippen molar-refractivity contribution >= 4 is 10.9 Å². The fourth-order valence-corrected chi connectivity index (χ4v) is 3.42. The number of pyridine rings is 1. The van der Waals surface area contributed by atoms with Crippen molar-refractivity contribution in [1.29, 1.82) is 0 Å². The van der Waals surface area contributed by atoms with E-state index in [2.05, 4.69) is 34.1 Å². The molecule has 0 saturated carbocycles. The number of hydrogen-bond donors (Lipinski definition) is 1. The van der Waals surface area contributed by atoms with Crippen molar-refractivity contribution in [2.75, 3.05) is 13.7 Å². The molecule has 1 aromatic heterocycles. The molecule has 0 fully saturated rings. The molecule has 0 unspecified atom stereocenters. The highest BCUT2D eigenvalue weighted by Crippen LogP contribution is 2.22. The van der Waals surface area contributed by atoms with E-state index in [0.29, 0.717) is 6.54 Å². The van der Waals surface area contributed by atoms with Crippen molar-refractivity contribution in [2.45, 2.75) is 19.5 Å². The summed E-state index contributed by atoms with van der Waals surface area (Å²) in [4.78, 5) is 18.7. The van der Waals surface area contributed by atoms with E-state index in [4.69, 9.17) is 4.74 Å². The van der Waals surface area contributed by atoms with Crippen LogP contribution in [-0.4, -0.2) is 23.5 Å². The van der Waals surface area contributed by atoms with E-state index in [1.807, 2.05) is 24.3 Å². The molecule has 1 N–H and O–H groups in total. The van der Waals surface area contributed by atoms with Gasteiger partial charge >= 0.3 is 0 Å². The third-order valence-corrected chi connectivity index (χ3v) is 4.70. The fraction of sp³-hybridized carbons (Fsp3) is 0.250. The first-order valence-electron chi connectivity index (χ1n) is 8.22. The largest absolute Gasteiger partial charge is 0.497 e. The van der Waals surface area contributed by atoms with Gasteiger partial charge in [-0.05, 0) is 17.7 Å². The van der Waals surface area contributed by atoms with Gasteiger partial charge in [0.05, 0.1) is 12.6 Å². The number of rotatable bonds is 3. The van der Waals surface area contributed by atoms with Gasteiger partial charge in [-0.3, -0.25) is 9.69 Å².